The second-order valence-corrected chi connectivity index (χ2v) is 11.5. The maximum absolute atomic E-state index is 13.0. The first-order valence-corrected chi connectivity index (χ1v) is 13.2. The van der Waals surface area contributed by atoms with Crippen LogP contribution < -0.4 is 16.2 Å². The van der Waals surface area contributed by atoms with Crippen molar-refractivity contribution in [2.75, 3.05) is 23.7 Å². The van der Waals surface area contributed by atoms with Crippen molar-refractivity contribution < 1.29 is 18.3 Å². The smallest absolute Gasteiger partial charge is 0.410 e. The Morgan fingerprint density at radius 1 is 1.23 bits per heavy atom. The van der Waals surface area contributed by atoms with Crippen LogP contribution >= 0.6 is 0 Å². The molecule has 1 aliphatic heterocycles. The number of halogens is 2. The minimum absolute atomic E-state index is 0.122. The molecule has 4 heterocycles. The van der Waals surface area contributed by atoms with E-state index in [9.17, 15) is 18.4 Å². The van der Waals surface area contributed by atoms with E-state index in [4.69, 9.17) is 4.74 Å². The van der Waals surface area contributed by atoms with Crippen LogP contribution in [0.5, 0.6) is 0 Å². The Labute approximate surface area is 224 Å². The summed E-state index contributed by atoms with van der Waals surface area (Å²) in [6.07, 6.45) is 5.22. The molecule has 2 fully saturated rings. The van der Waals surface area contributed by atoms with Crippen molar-refractivity contribution >= 4 is 34.4 Å². The number of anilines is 3. The van der Waals surface area contributed by atoms with E-state index in [0.29, 0.717) is 30.1 Å². The number of carbonyl (C=O) groups excluding carboxylic acids is 1. The second kappa shape index (κ2) is 10.1. The van der Waals surface area contributed by atoms with Crippen molar-refractivity contribution in [1.82, 2.24) is 29.2 Å². The summed E-state index contributed by atoms with van der Waals surface area (Å²) in [4.78, 5) is 36.1. The zero-order chi connectivity index (χ0) is 27.9. The summed E-state index contributed by atoms with van der Waals surface area (Å²) in [5.74, 6) is 0.581. The second-order valence-electron chi connectivity index (χ2n) is 11.5. The molecule has 0 bridgehead atoms. The number of aromatic nitrogens is 5. The van der Waals surface area contributed by atoms with Gasteiger partial charge in [-0.1, -0.05) is 0 Å². The lowest BCUT2D eigenvalue weighted by Crippen LogP contribution is -2.42. The van der Waals surface area contributed by atoms with Crippen molar-refractivity contribution in [2.24, 2.45) is 0 Å². The number of amides is 1. The van der Waals surface area contributed by atoms with Crippen LogP contribution in [-0.4, -0.2) is 66.0 Å². The van der Waals surface area contributed by atoms with Gasteiger partial charge in [0.15, 0.2) is 0 Å². The van der Waals surface area contributed by atoms with Crippen LogP contribution in [0.1, 0.15) is 59.4 Å². The first kappa shape index (κ1) is 26.8. The molecule has 39 heavy (non-hydrogen) atoms. The average Bonchev–Trinajstić information content (AvgIpc) is 3.39. The van der Waals surface area contributed by atoms with Gasteiger partial charge in [-0.05, 0) is 59.4 Å². The first-order valence-electron chi connectivity index (χ1n) is 13.2. The van der Waals surface area contributed by atoms with E-state index in [1.165, 1.54) is 6.20 Å². The van der Waals surface area contributed by atoms with Gasteiger partial charge >= 0.3 is 6.09 Å². The van der Waals surface area contributed by atoms with E-state index in [-0.39, 0.29) is 29.0 Å². The quantitative estimate of drug-likeness (QED) is 0.445. The average molecular weight is 545 g/mol. The van der Waals surface area contributed by atoms with Crippen LogP contribution in [0.4, 0.5) is 31.0 Å². The van der Waals surface area contributed by atoms with Crippen molar-refractivity contribution in [3.8, 4) is 0 Å². The molecule has 3 aromatic rings. The van der Waals surface area contributed by atoms with Crippen LogP contribution in [0, 0.1) is 0 Å². The molecule has 3 aromatic heterocycles. The van der Waals surface area contributed by atoms with Crippen LogP contribution in [0.2, 0.25) is 0 Å². The summed E-state index contributed by atoms with van der Waals surface area (Å²) in [7, 11) is 0. The molecule has 0 atom stereocenters. The lowest BCUT2D eigenvalue weighted by molar-refractivity contribution is 0.0184. The number of hydrogen-bond acceptors (Lipinski definition) is 8. The third kappa shape index (κ3) is 6.28. The van der Waals surface area contributed by atoms with Crippen molar-refractivity contribution in [3.05, 3.63) is 35.0 Å². The largest absolute Gasteiger partial charge is 0.444 e. The third-order valence-corrected chi connectivity index (χ3v) is 6.93. The summed E-state index contributed by atoms with van der Waals surface area (Å²) >= 11 is 0. The molecule has 13 heteroatoms. The molecular weight excluding hydrogens is 510 g/mol. The van der Waals surface area contributed by atoms with E-state index in [1.54, 1.807) is 17.2 Å². The van der Waals surface area contributed by atoms with Gasteiger partial charge in [0.1, 0.15) is 16.8 Å². The molecule has 1 saturated heterocycles. The Hall–Kier alpha value is -3.77. The fraction of sp³-hybridized carbons (Fsp3) is 0.577. The van der Waals surface area contributed by atoms with E-state index in [1.807, 2.05) is 38.6 Å². The van der Waals surface area contributed by atoms with Crippen LogP contribution in [-0.2, 0) is 11.3 Å². The fourth-order valence-corrected chi connectivity index (χ4v) is 4.59. The maximum atomic E-state index is 13.0. The molecule has 2 aliphatic rings. The maximum Gasteiger partial charge on any atom is 0.410 e. The van der Waals surface area contributed by atoms with Crippen LogP contribution in [0.3, 0.4) is 0 Å². The number of alkyl halides is 2. The molecule has 1 amide bonds. The highest BCUT2D eigenvalue weighted by molar-refractivity contribution is 5.90. The number of ether oxygens (including phenoxy) is 1. The Balaban J connectivity index is 1.32. The Bertz CT molecular complexity index is 1420. The predicted molar refractivity (Wildman–Crippen MR) is 143 cm³/mol. The van der Waals surface area contributed by atoms with Gasteiger partial charge < -0.3 is 24.8 Å². The molecule has 0 spiro atoms. The molecule has 0 aromatic carbocycles. The summed E-state index contributed by atoms with van der Waals surface area (Å²) < 4.78 is 34.3. The number of pyridine rings is 1. The van der Waals surface area contributed by atoms with E-state index >= 15 is 0 Å². The molecule has 5 rings (SSSR count). The predicted octanol–water partition coefficient (Wildman–Crippen LogP) is 4.53. The molecule has 1 saturated carbocycles. The minimum atomic E-state index is -2.65. The number of nitrogens with one attached hydrogen (secondary N) is 2. The Kier molecular flexibility index (Phi) is 6.93. The van der Waals surface area contributed by atoms with E-state index in [0.717, 1.165) is 30.3 Å². The zero-order valence-electron chi connectivity index (χ0n) is 22.6. The number of likely N-dealkylation sites (tertiary alicyclic amines) is 1. The standard InChI is InChI=1S/C26H34F2N8O3/c1-25(2,3)39-24(38)34-10-5-17(6-11-34)36-14-16(13-29-36)30-23-31-18-7-12-35(15-19(27)28)22(37)20(18)21(32-23)33-26(4)8-9-26/h7,12-14,17,19H,5-6,8-11,15H2,1-4H3,(H2,30,31,32,33). The summed E-state index contributed by atoms with van der Waals surface area (Å²) in [6, 6.07) is 1.67. The highest BCUT2D eigenvalue weighted by atomic mass is 19.3. The monoisotopic (exact) mass is 544 g/mol. The molecule has 0 unspecified atom stereocenters. The molecule has 0 radical (unpaired) electrons. The topological polar surface area (TPSA) is 119 Å². The van der Waals surface area contributed by atoms with Gasteiger partial charge in [0.25, 0.3) is 12.0 Å². The van der Waals surface area contributed by atoms with Gasteiger partial charge in [0.05, 0.1) is 30.0 Å². The van der Waals surface area contributed by atoms with E-state index < -0.39 is 24.1 Å². The van der Waals surface area contributed by atoms with Gasteiger partial charge in [-0.15, -0.1) is 0 Å². The highest BCUT2D eigenvalue weighted by Crippen LogP contribution is 2.39. The van der Waals surface area contributed by atoms with Crippen molar-refractivity contribution in [3.63, 3.8) is 0 Å². The lowest BCUT2D eigenvalue weighted by atomic mass is 10.1. The molecule has 11 nitrogen and oxygen atoms in total. The van der Waals surface area contributed by atoms with Gasteiger partial charge in [-0.2, -0.15) is 10.1 Å². The molecular formula is C26H34F2N8O3. The Morgan fingerprint density at radius 2 is 1.95 bits per heavy atom. The van der Waals surface area contributed by atoms with E-state index in [2.05, 4.69) is 25.7 Å². The summed E-state index contributed by atoms with van der Waals surface area (Å²) in [5.41, 5.74) is -0.269. The SMILES string of the molecule is CC1(Nc2nc(Nc3cnn(C4CCN(C(=O)OC(C)(C)C)CC4)c3)nc3ccn(CC(F)F)c(=O)c23)CC1. The van der Waals surface area contributed by atoms with Gasteiger partial charge in [0.2, 0.25) is 5.95 Å². The normalized spacial score (nSPS) is 17.5. The Morgan fingerprint density at radius 3 is 2.59 bits per heavy atom. The van der Waals surface area contributed by atoms with Gasteiger partial charge in [-0.25, -0.2) is 18.6 Å². The molecule has 2 N–H and O–H groups in total. The number of fused-ring (bicyclic) bond motifs is 1. The number of piperidine rings is 1. The number of rotatable bonds is 7. The minimum Gasteiger partial charge on any atom is -0.444 e. The van der Waals surface area contributed by atoms with Crippen LogP contribution in [0.15, 0.2) is 29.5 Å². The fourth-order valence-electron chi connectivity index (χ4n) is 4.59. The summed E-state index contributed by atoms with van der Waals surface area (Å²) in [6.45, 7) is 8.03. The van der Waals surface area contributed by atoms with Crippen molar-refractivity contribution in [1.29, 1.82) is 0 Å². The molecule has 210 valence electrons. The lowest BCUT2D eigenvalue weighted by Gasteiger charge is -2.33. The zero-order valence-corrected chi connectivity index (χ0v) is 22.6. The van der Waals surface area contributed by atoms with Gasteiger partial charge in [0, 0.05) is 31.0 Å². The van der Waals surface area contributed by atoms with Gasteiger partial charge in [-0.3, -0.25) is 9.48 Å². The van der Waals surface area contributed by atoms with Crippen LogP contribution in [0.25, 0.3) is 10.9 Å². The highest BCUT2D eigenvalue weighted by Gasteiger charge is 2.38. The number of nitrogens with zero attached hydrogens (tertiary/aromatic N) is 6. The third-order valence-electron chi connectivity index (χ3n) is 6.93. The number of carbonyl (C=O) groups is 1. The van der Waals surface area contributed by atoms with Crippen molar-refractivity contribution in [2.45, 2.75) is 83.5 Å². The summed E-state index contributed by atoms with van der Waals surface area (Å²) in [5, 5.41) is 11.2. The first-order chi connectivity index (χ1) is 18.4. The number of hydrogen-bond donors (Lipinski definition) is 2. The molecule has 1 aliphatic carbocycles.